The molecule has 0 aliphatic carbocycles. The van der Waals surface area contributed by atoms with Crippen LogP contribution in [0.3, 0.4) is 0 Å². The molecule has 0 aromatic carbocycles. The Bertz CT molecular complexity index is 1010. The Morgan fingerprint density at radius 1 is 1.05 bits per heavy atom. The molecule has 11 nitrogen and oxygen atoms in total. The third-order valence-electron chi connectivity index (χ3n) is 6.19. The van der Waals surface area contributed by atoms with Crippen LogP contribution < -0.4 is 0 Å². The molecule has 2 amide bonds. The molecular formula is C27H44N3O8P. The summed E-state index contributed by atoms with van der Waals surface area (Å²) in [4.78, 5) is 45.3. The van der Waals surface area contributed by atoms with Gasteiger partial charge in [0.05, 0.1) is 6.61 Å². The van der Waals surface area contributed by atoms with Crippen LogP contribution in [0.5, 0.6) is 0 Å². The maximum atomic E-state index is 14.0. The van der Waals surface area contributed by atoms with Crippen molar-refractivity contribution in [3.05, 3.63) is 30.1 Å². The van der Waals surface area contributed by atoms with Gasteiger partial charge in [0.15, 0.2) is 5.16 Å². The molecule has 2 atom stereocenters. The van der Waals surface area contributed by atoms with Crippen LogP contribution in [-0.2, 0) is 29.9 Å². The molecule has 1 aromatic rings. The first-order valence-electron chi connectivity index (χ1n) is 13.3. The third kappa shape index (κ3) is 9.29. The number of aromatic nitrogens is 1. The quantitative estimate of drug-likeness (QED) is 0.289. The van der Waals surface area contributed by atoms with Crippen molar-refractivity contribution in [2.45, 2.75) is 90.6 Å². The Labute approximate surface area is 231 Å². The van der Waals surface area contributed by atoms with Gasteiger partial charge in [-0.1, -0.05) is 0 Å². The van der Waals surface area contributed by atoms with Gasteiger partial charge in [-0.2, -0.15) is 0 Å². The molecule has 2 rings (SSSR count). The molecule has 1 saturated heterocycles. The number of pyridine rings is 1. The van der Waals surface area contributed by atoms with Crippen molar-refractivity contribution in [2.24, 2.45) is 0 Å². The summed E-state index contributed by atoms with van der Waals surface area (Å²) >= 11 is 0. The second kappa shape index (κ2) is 13.2. The number of carbonyl (C=O) groups is 3. The first-order chi connectivity index (χ1) is 18.0. The molecule has 1 aliphatic rings. The van der Waals surface area contributed by atoms with E-state index in [-0.39, 0.29) is 45.1 Å². The lowest BCUT2D eigenvalue weighted by molar-refractivity contribution is -0.141. The van der Waals surface area contributed by atoms with Crippen molar-refractivity contribution in [1.29, 1.82) is 0 Å². The molecule has 1 aromatic heterocycles. The summed E-state index contributed by atoms with van der Waals surface area (Å²) in [6.45, 7) is 13.0. The molecule has 2 heterocycles. The van der Waals surface area contributed by atoms with E-state index in [1.54, 1.807) is 60.9 Å². The van der Waals surface area contributed by atoms with Gasteiger partial charge in [-0.15, -0.1) is 0 Å². The van der Waals surface area contributed by atoms with Gasteiger partial charge in [-0.05, 0) is 85.4 Å². The van der Waals surface area contributed by atoms with Gasteiger partial charge in [0.25, 0.3) is 0 Å². The van der Waals surface area contributed by atoms with Gasteiger partial charge in [0.2, 0.25) is 7.37 Å². The predicted octanol–water partition coefficient (Wildman–Crippen LogP) is 5.38. The first kappa shape index (κ1) is 32.7. The summed E-state index contributed by atoms with van der Waals surface area (Å²) in [5.74, 6) is -1.17. The molecule has 1 N–H and O–H groups in total. The zero-order valence-corrected chi connectivity index (χ0v) is 25.2. The lowest BCUT2D eigenvalue weighted by Gasteiger charge is -2.45. The van der Waals surface area contributed by atoms with E-state index in [0.29, 0.717) is 13.1 Å². The Hall–Kier alpha value is -2.49. The molecule has 1 fully saturated rings. The number of unbranched alkanes of at least 4 members (excludes halogenated alkanes) is 1. The molecule has 0 saturated carbocycles. The van der Waals surface area contributed by atoms with Crippen molar-refractivity contribution in [2.75, 3.05) is 32.4 Å². The highest BCUT2D eigenvalue weighted by molar-refractivity contribution is 7.62. The van der Waals surface area contributed by atoms with Crippen LogP contribution in [0, 0.1) is 0 Å². The van der Waals surface area contributed by atoms with Crippen LogP contribution in [0.15, 0.2) is 24.5 Å². The topological polar surface area (TPSA) is 136 Å². The summed E-state index contributed by atoms with van der Waals surface area (Å²) in [6, 6.07) is 3.72. The fraction of sp³-hybridized carbons (Fsp3) is 0.704. The van der Waals surface area contributed by atoms with Gasteiger partial charge in [0, 0.05) is 44.7 Å². The highest BCUT2D eigenvalue weighted by Gasteiger charge is 2.58. The zero-order valence-electron chi connectivity index (χ0n) is 24.3. The maximum absolute atomic E-state index is 14.0. The summed E-state index contributed by atoms with van der Waals surface area (Å²) in [5, 5.41) is 8.81. The first-order valence-corrected chi connectivity index (χ1v) is 15.1. The number of imide groups is 1. The van der Waals surface area contributed by atoms with Gasteiger partial charge in [-0.3, -0.25) is 19.2 Å². The van der Waals surface area contributed by atoms with Crippen LogP contribution in [0.25, 0.3) is 0 Å². The number of ether oxygens (including phenoxy) is 2. The van der Waals surface area contributed by atoms with E-state index in [0.717, 1.165) is 10.5 Å². The normalized spacial score (nSPS) is 22.2. The average molecular weight is 570 g/mol. The minimum atomic E-state index is -3.56. The van der Waals surface area contributed by atoms with Crippen LogP contribution in [0.4, 0.5) is 9.59 Å². The molecule has 12 heteroatoms. The van der Waals surface area contributed by atoms with E-state index < -0.39 is 41.9 Å². The molecule has 220 valence electrons. The largest absolute Gasteiger partial charge is 0.480 e. The van der Waals surface area contributed by atoms with Gasteiger partial charge >= 0.3 is 18.2 Å². The minimum absolute atomic E-state index is 0.0425. The van der Waals surface area contributed by atoms with E-state index in [2.05, 4.69) is 4.98 Å². The number of nitrogens with zero attached hydrogens (tertiary/aromatic N) is 3. The number of hydrogen-bond acceptors (Lipinski definition) is 9. The second-order valence-corrected chi connectivity index (χ2v) is 14.7. The Balaban J connectivity index is 2.21. The standard InChI is InChI=1S/C27H44N3O8P/c1-8-36-39(35)18-17-29(19-21-11-14-28-15-12-21)20-27(39,22(31)32)13-9-10-16-30(23(33)37-25(2,3)4)24(34)38-26(5,6)7/h11-12,14-15H,8-10,13,16-20H2,1-7H3,(H,31,32). The monoisotopic (exact) mass is 569 g/mol. The summed E-state index contributed by atoms with van der Waals surface area (Å²) < 4.78 is 30.5. The van der Waals surface area contributed by atoms with E-state index >= 15 is 0 Å². The molecule has 0 radical (unpaired) electrons. The average Bonchev–Trinajstić information content (AvgIpc) is 2.79. The fourth-order valence-electron chi connectivity index (χ4n) is 4.47. The lowest BCUT2D eigenvalue weighted by Crippen LogP contribution is -2.54. The van der Waals surface area contributed by atoms with Gasteiger partial charge in [-0.25, -0.2) is 14.5 Å². The minimum Gasteiger partial charge on any atom is -0.480 e. The number of carboxylic acids is 1. The number of hydrogen-bond donors (Lipinski definition) is 1. The predicted molar refractivity (Wildman–Crippen MR) is 147 cm³/mol. The van der Waals surface area contributed by atoms with Gasteiger partial charge < -0.3 is 19.1 Å². The van der Waals surface area contributed by atoms with Crippen LogP contribution in [-0.4, -0.2) is 86.8 Å². The van der Waals surface area contributed by atoms with Gasteiger partial charge in [0.1, 0.15) is 11.2 Å². The lowest BCUT2D eigenvalue weighted by atomic mass is 9.99. The van der Waals surface area contributed by atoms with E-state index in [4.69, 9.17) is 14.0 Å². The maximum Gasteiger partial charge on any atom is 0.419 e. The molecule has 0 spiro atoms. The SMILES string of the molecule is CCOP1(=O)CCN(Cc2ccncc2)CC1(CCCCN(C(=O)OC(C)(C)C)C(=O)OC(C)(C)C)C(=O)O. The Morgan fingerprint density at radius 3 is 2.10 bits per heavy atom. The van der Waals surface area contributed by atoms with E-state index in [1.165, 1.54) is 0 Å². The zero-order chi connectivity index (χ0) is 29.5. The Kier molecular flexibility index (Phi) is 11.1. The third-order valence-corrected chi connectivity index (χ3v) is 9.51. The van der Waals surface area contributed by atoms with Crippen LogP contribution in [0.1, 0.15) is 73.3 Å². The number of amides is 2. The number of carboxylic acid groups (broad SMARTS) is 1. The van der Waals surface area contributed by atoms with E-state index in [1.807, 2.05) is 17.0 Å². The van der Waals surface area contributed by atoms with Crippen molar-refractivity contribution in [3.63, 3.8) is 0 Å². The molecule has 1 aliphatic heterocycles. The summed E-state index contributed by atoms with van der Waals surface area (Å²) in [7, 11) is -3.56. The van der Waals surface area contributed by atoms with Crippen molar-refractivity contribution in [3.8, 4) is 0 Å². The van der Waals surface area contributed by atoms with E-state index in [9.17, 15) is 24.1 Å². The molecule has 0 bridgehead atoms. The van der Waals surface area contributed by atoms with Crippen molar-refractivity contribution >= 4 is 25.5 Å². The summed E-state index contributed by atoms with van der Waals surface area (Å²) in [5.41, 5.74) is -0.674. The van der Waals surface area contributed by atoms with Crippen molar-refractivity contribution < 1.29 is 38.1 Å². The highest BCUT2D eigenvalue weighted by Crippen LogP contribution is 2.63. The molecule has 2 unspecified atom stereocenters. The summed E-state index contributed by atoms with van der Waals surface area (Å²) in [6.07, 6.45) is 2.41. The smallest absolute Gasteiger partial charge is 0.419 e. The second-order valence-electron chi connectivity index (χ2n) is 11.8. The Morgan fingerprint density at radius 2 is 1.62 bits per heavy atom. The fourth-order valence-corrected chi connectivity index (χ4v) is 7.44. The highest BCUT2D eigenvalue weighted by atomic mass is 31.2. The molecular weight excluding hydrogens is 525 g/mol. The van der Waals surface area contributed by atoms with Crippen molar-refractivity contribution in [1.82, 2.24) is 14.8 Å². The number of aliphatic carboxylic acids is 1. The van der Waals surface area contributed by atoms with Crippen LogP contribution in [0.2, 0.25) is 0 Å². The molecule has 39 heavy (non-hydrogen) atoms. The number of rotatable bonds is 10. The number of carbonyl (C=O) groups excluding carboxylic acids is 2. The van der Waals surface area contributed by atoms with Crippen LogP contribution >= 0.6 is 7.37 Å².